The molecule has 0 spiro atoms. The fraction of sp³-hybridized carbons (Fsp3) is 0.421. The molecule has 2 amide bonds. The Morgan fingerprint density at radius 1 is 1.32 bits per heavy atom. The Balaban J connectivity index is 1.89. The second kappa shape index (κ2) is 8.87. The number of thiocarbonyl (C=S) groups is 1. The maximum absolute atomic E-state index is 12.3. The van der Waals surface area contributed by atoms with Crippen molar-refractivity contribution >= 4 is 29.0 Å². The van der Waals surface area contributed by atoms with Crippen LogP contribution in [0.15, 0.2) is 36.9 Å². The van der Waals surface area contributed by atoms with Gasteiger partial charge in [0.15, 0.2) is 0 Å². The molecule has 0 fully saturated rings. The normalized spacial score (nSPS) is 14.4. The zero-order chi connectivity index (χ0) is 18.4. The number of benzene rings is 1. The summed E-state index contributed by atoms with van der Waals surface area (Å²) in [4.78, 5) is 28.5. The van der Waals surface area contributed by atoms with Gasteiger partial charge in [-0.25, -0.2) is 0 Å². The zero-order valence-electron chi connectivity index (χ0n) is 14.5. The topological polar surface area (TPSA) is 60.9 Å². The van der Waals surface area contributed by atoms with Crippen molar-refractivity contribution in [1.82, 2.24) is 9.80 Å². The van der Waals surface area contributed by atoms with E-state index in [1.54, 1.807) is 30.3 Å². The highest BCUT2D eigenvalue weighted by atomic mass is 32.1. The van der Waals surface area contributed by atoms with Crippen molar-refractivity contribution < 1.29 is 14.7 Å². The molecule has 25 heavy (non-hydrogen) atoms. The summed E-state index contributed by atoms with van der Waals surface area (Å²) in [5, 5.41) is 10.3. The fourth-order valence-corrected chi connectivity index (χ4v) is 3.25. The summed E-state index contributed by atoms with van der Waals surface area (Å²) in [5.41, 5.74) is 0.857. The quantitative estimate of drug-likeness (QED) is 0.417. The van der Waals surface area contributed by atoms with Gasteiger partial charge in [0.25, 0.3) is 11.8 Å². The molecule has 0 saturated heterocycles. The third-order valence-electron chi connectivity index (χ3n) is 4.17. The number of rotatable bonds is 9. The van der Waals surface area contributed by atoms with Crippen molar-refractivity contribution in [3.63, 3.8) is 0 Å². The molecule has 0 unspecified atom stereocenters. The first-order valence-electron chi connectivity index (χ1n) is 8.51. The summed E-state index contributed by atoms with van der Waals surface area (Å²) in [6, 6.07) is 6.78. The van der Waals surface area contributed by atoms with Crippen molar-refractivity contribution in [3.05, 3.63) is 48.0 Å². The molecule has 1 N–H and O–H groups in total. The SMILES string of the molecule is C=CCN(CCC)C(=S)C[C@H](O)CCN1C(=O)c2ccccc2C1=O. The number of carbonyl (C=O) groups excluding carboxylic acids is 2. The minimum Gasteiger partial charge on any atom is -0.393 e. The van der Waals surface area contributed by atoms with Crippen LogP contribution in [0.1, 0.15) is 46.9 Å². The molecule has 6 heteroatoms. The second-order valence-corrected chi connectivity index (χ2v) is 6.55. The van der Waals surface area contributed by atoms with Gasteiger partial charge in [-0.3, -0.25) is 14.5 Å². The first-order valence-corrected chi connectivity index (χ1v) is 8.92. The van der Waals surface area contributed by atoms with Gasteiger partial charge in [0.05, 0.1) is 22.2 Å². The van der Waals surface area contributed by atoms with Gasteiger partial charge < -0.3 is 10.0 Å². The highest BCUT2D eigenvalue weighted by molar-refractivity contribution is 7.80. The molecular weight excluding hydrogens is 336 g/mol. The predicted molar refractivity (Wildman–Crippen MR) is 102 cm³/mol. The van der Waals surface area contributed by atoms with E-state index in [0.717, 1.165) is 13.0 Å². The van der Waals surface area contributed by atoms with Crippen molar-refractivity contribution in [2.24, 2.45) is 0 Å². The fourth-order valence-electron chi connectivity index (χ4n) is 2.90. The standard InChI is InChI=1S/C19H24N2O3S/c1-3-10-20(11-4-2)17(25)13-14(22)9-12-21-18(23)15-7-5-6-8-16(15)19(21)24/h3,5-8,14,22H,1,4,9-13H2,2H3/t14-/m1/s1. The van der Waals surface area contributed by atoms with E-state index < -0.39 is 6.10 Å². The number of aliphatic hydroxyl groups is 1. The minimum atomic E-state index is -0.694. The Morgan fingerprint density at radius 3 is 2.44 bits per heavy atom. The number of carbonyl (C=O) groups is 2. The van der Waals surface area contributed by atoms with E-state index in [1.807, 2.05) is 4.90 Å². The summed E-state index contributed by atoms with van der Waals surface area (Å²) >= 11 is 5.41. The van der Waals surface area contributed by atoms with Crippen LogP contribution in [-0.4, -0.2) is 57.4 Å². The van der Waals surface area contributed by atoms with Crippen LogP contribution in [0.4, 0.5) is 0 Å². The van der Waals surface area contributed by atoms with Crippen LogP contribution in [0.2, 0.25) is 0 Å². The molecule has 1 heterocycles. The van der Waals surface area contributed by atoms with Crippen LogP contribution in [0, 0.1) is 0 Å². The van der Waals surface area contributed by atoms with E-state index >= 15 is 0 Å². The number of nitrogens with zero attached hydrogens (tertiary/aromatic N) is 2. The Hall–Kier alpha value is -2.05. The van der Waals surface area contributed by atoms with Gasteiger partial charge in [-0.1, -0.05) is 37.4 Å². The molecule has 0 saturated carbocycles. The molecule has 5 nitrogen and oxygen atoms in total. The maximum Gasteiger partial charge on any atom is 0.261 e. The molecule has 134 valence electrons. The number of imide groups is 1. The van der Waals surface area contributed by atoms with Crippen LogP contribution < -0.4 is 0 Å². The molecular formula is C19H24N2O3S. The third kappa shape index (κ3) is 4.52. The molecule has 0 radical (unpaired) electrons. The summed E-state index contributed by atoms with van der Waals surface area (Å²) in [5.74, 6) is -0.593. The zero-order valence-corrected chi connectivity index (χ0v) is 15.3. The van der Waals surface area contributed by atoms with Gasteiger partial charge in [0.1, 0.15) is 0 Å². The second-order valence-electron chi connectivity index (χ2n) is 6.08. The third-order valence-corrected chi connectivity index (χ3v) is 4.59. The van der Waals surface area contributed by atoms with E-state index in [9.17, 15) is 14.7 Å². The van der Waals surface area contributed by atoms with Gasteiger partial charge in [0, 0.05) is 26.1 Å². The van der Waals surface area contributed by atoms with E-state index in [0.29, 0.717) is 35.5 Å². The molecule has 0 bridgehead atoms. The maximum atomic E-state index is 12.3. The Morgan fingerprint density at radius 2 is 1.92 bits per heavy atom. The van der Waals surface area contributed by atoms with Crippen LogP contribution >= 0.6 is 12.2 Å². The van der Waals surface area contributed by atoms with Crippen molar-refractivity contribution in [2.75, 3.05) is 19.6 Å². The van der Waals surface area contributed by atoms with Crippen LogP contribution in [0.25, 0.3) is 0 Å². The molecule has 1 aromatic carbocycles. The van der Waals surface area contributed by atoms with Crippen molar-refractivity contribution in [2.45, 2.75) is 32.3 Å². The highest BCUT2D eigenvalue weighted by Gasteiger charge is 2.34. The molecule has 2 rings (SSSR count). The lowest BCUT2D eigenvalue weighted by molar-refractivity contribution is 0.0625. The number of hydrogen-bond donors (Lipinski definition) is 1. The number of fused-ring (bicyclic) bond motifs is 1. The Labute approximate surface area is 153 Å². The lowest BCUT2D eigenvalue weighted by Crippen LogP contribution is -2.35. The molecule has 0 aliphatic carbocycles. The average Bonchev–Trinajstić information content (AvgIpc) is 2.84. The van der Waals surface area contributed by atoms with Gasteiger partial charge >= 0.3 is 0 Å². The van der Waals surface area contributed by atoms with Gasteiger partial charge in [-0.15, -0.1) is 6.58 Å². The molecule has 1 aliphatic rings. The lowest BCUT2D eigenvalue weighted by atomic mass is 10.1. The van der Waals surface area contributed by atoms with Crippen LogP contribution in [0.3, 0.4) is 0 Å². The smallest absolute Gasteiger partial charge is 0.261 e. The van der Waals surface area contributed by atoms with Crippen molar-refractivity contribution in [1.29, 1.82) is 0 Å². The first kappa shape index (κ1) is 19.3. The highest BCUT2D eigenvalue weighted by Crippen LogP contribution is 2.23. The largest absolute Gasteiger partial charge is 0.393 e. The van der Waals surface area contributed by atoms with E-state index in [2.05, 4.69) is 13.5 Å². The summed E-state index contributed by atoms with van der Waals surface area (Å²) in [6.07, 6.45) is 2.69. The van der Waals surface area contributed by atoms with E-state index in [4.69, 9.17) is 12.2 Å². The summed E-state index contributed by atoms with van der Waals surface area (Å²) in [6.45, 7) is 7.44. The lowest BCUT2D eigenvalue weighted by Gasteiger charge is -2.25. The van der Waals surface area contributed by atoms with Crippen LogP contribution in [0.5, 0.6) is 0 Å². The Kier molecular flexibility index (Phi) is 6.84. The minimum absolute atomic E-state index is 0.186. The predicted octanol–water partition coefficient (Wildman–Crippen LogP) is 2.65. The number of hydrogen-bond acceptors (Lipinski definition) is 4. The van der Waals surface area contributed by atoms with Gasteiger partial charge in [-0.05, 0) is 25.0 Å². The molecule has 1 aliphatic heterocycles. The van der Waals surface area contributed by atoms with Crippen molar-refractivity contribution in [3.8, 4) is 0 Å². The van der Waals surface area contributed by atoms with E-state index in [1.165, 1.54) is 4.90 Å². The average molecular weight is 360 g/mol. The van der Waals surface area contributed by atoms with Gasteiger partial charge in [0.2, 0.25) is 0 Å². The number of aliphatic hydroxyl groups excluding tert-OH is 1. The van der Waals surface area contributed by atoms with Crippen LogP contribution in [-0.2, 0) is 0 Å². The summed E-state index contributed by atoms with van der Waals surface area (Å²) in [7, 11) is 0. The number of amides is 2. The monoisotopic (exact) mass is 360 g/mol. The first-order chi connectivity index (χ1) is 12.0. The molecule has 0 aromatic heterocycles. The van der Waals surface area contributed by atoms with Gasteiger partial charge in [-0.2, -0.15) is 0 Å². The van der Waals surface area contributed by atoms with E-state index in [-0.39, 0.29) is 18.4 Å². The Bertz CT molecular complexity index is 639. The summed E-state index contributed by atoms with van der Waals surface area (Å²) < 4.78 is 0. The molecule has 1 aromatic rings. The molecule has 1 atom stereocenters.